The van der Waals surface area contributed by atoms with Gasteiger partial charge in [-0.3, -0.25) is 19.3 Å². The number of hydrogen-bond donors (Lipinski definition) is 2. The number of nitrogens with one attached hydrogen (secondary N) is 2. The van der Waals surface area contributed by atoms with Gasteiger partial charge in [-0.05, 0) is 37.1 Å². The first-order valence-corrected chi connectivity index (χ1v) is 10.4. The first-order chi connectivity index (χ1) is 13.8. The summed E-state index contributed by atoms with van der Waals surface area (Å²) in [5.74, 6) is -0.833. The summed E-state index contributed by atoms with van der Waals surface area (Å²) in [6.45, 7) is 3.38. The van der Waals surface area contributed by atoms with E-state index in [2.05, 4.69) is 15.0 Å². The van der Waals surface area contributed by atoms with Gasteiger partial charge in [0.2, 0.25) is 0 Å². The molecular weight excluding hydrogens is 394 g/mol. The van der Waals surface area contributed by atoms with Crippen LogP contribution >= 0.6 is 0 Å². The number of para-hydroxylation sites is 1. The molecule has 0 bridgehead atoms. The fourth-order valence-electron chi connectivity index (χ4n) is 2.92. The van der Waals surface area contributed by atoms with Gasteiger partial charge in [0, 0.05) is 11.3 Å². The first kappa shape index (κ1) is 20.5. The Morgan fingerprint density at radius 2 is 1.76 bits per heavy atom. The number of benzene rings is 2. The molecule has 1 aliphatic heterocycles. The van der Waals surface area contributed by atoms with Crippen LogP contribution in [0.4, 0.5) is 5.69 Å². The minimum Gasteiger partial charge on any atom is -0.456 e. The van der Waals surface area contributed by atoms with E-state index in [1.165, 1.54) is 6.07 Å². The predicted octanol–water partition coefficient (Wildman–Crippen LogP) is 1.91. The smallest absolute Gasteiger partial charge is 0.308 e. The molecule has 29 heavy (non-hydrogen) atoms. The topological polar surface area (TPSA) is 114 Å². The highest BCUT2D eigenvalue weighted by atomic mass is 32.2. The van der Waals surface area contributed by atoms with Crippen LogP contribution in [0, 0.1) is 13.8 Å². The standard InChI is InChI=1S/C20H21N3O5S/c1-13-6-5-7-14(2)19(13)22-17(24)12-28-18(25)10-11-21-20-15-8-3-4-9-16(15)29(26,27)23-20/h3-9H,10-12H2,1-2H3,(H,21,23)(H,22,24). The van der Waals surface area contributed by atoms with Crippen molar-refractivity contribution in [2.24, 2.45) is 4.99 Å². The van der Waals surface area contributed by atoms with Crippen LogP contribution in [0.5, 0.6) is 0 Å². The summed E-state index contributed by atoms with van der Waals surface area (Å²) in [5, 5.41) is 2.73. The van der Waals surface area contributed by atoms with Crippen LogP contribution in [0.15, 0.2) is 52.4 Å². The van der Waals surface area contributed by atoms with E-state index < -0.39 is 28.5 Å². The number of fused-ring (bicyclic) bond motifs is 1. The van der Waals surface area contributed by atoms with E-state index in [1.54, 1.807) is 18.2 Å². The number of anilines is 1. The zero-order valence-electron chi connectivity index (χ0n) is 16.1. The third-order valence-electron chi connectivity index (χ3n) is 4.36. The molecule has 152 valence electrons. The van der Waals surface area contributed by atoms with Crippen molar-refractivity contribution in [2.45, 2.75) is 25.2 Å². The van der Waals surface area contributed by atoms with Crippen LogP contribution < -0.4 is 10.0 Å². The second-order valence-electron chi connectivity index (χ2n) is 6.56. The molecule has 8 nitrogen and oxygen atoms in total. The molecule has 0 saturated heterocycles. The number of carbonyl (C=O) groups excluding carboxylic acids is 2. The number of hydrogen-bond acceptors (Lipinski definition) is 6. The maximum absolute atomic E-state index is 12.0. The van der Waals surface area contributed by atoms with Gasteiger partial charge in [0.1, 0.15) is 5.84 Å². The van der Waals surface area contributed by atoms with Gasteiger partial charge >= 0.3 is 5.97 Å². The number of aryl methyl sites for hydroxylation is 2. The quantitative estimate of drug-likeness (QED) is 0.700. The second kappa shape index (κ2) is 8.44. The summed E-state index contributed by atoms with van der Waals surface area (Å²) in [5.41, 5.74) is 3.00. The van der Waals surface area contributed by atoms with Crippen molar-refractivity contribution >= 4 is 33.4 Å². The Morgan fingerprint density at radius 1 is 1.07 bits per heavy atom. The molecule has 3 rings (SSSR count). The third kappa shape index (κ3) is 4.80. The maximum Gasteiger partial charge on any atom is 0.308 e. The van der Waals surface area contributed by atoms with Gasteiger partial charge in [-0.15, -0.1) is 0 Å². The summed E-state index contributed by atoms with van der Waals surface area (Å²) in [6, 6.07) is 12.1. The lowest BCUT2D eigenvalue weighted by Crippen LogP contribution is -2.23. The molecule has 0 fully saturated rings. The molecule has 2 aromatic rings. The van der Waals surface area contributed by atoms with Crippen molar-refractivity contribution in [1.29, 1.82) is 0 Å². The van der Waals surface area contributed by atoms with Gasteiger partial charge in [-0.25, -0.2) is 8.42 Å². The van der Waals surface area contributed by atoms with E-state index >= 15 is 0 Å². The summed E-state index contributed by atoms with van der Waals surface area (Å²) >= 11 is 0. The van der Waals surface area contributed by atoms with Crippen molar-refractivity contribution < 1.29 is 22.7 Å². The third-order valence-corrected chi connectivity index (χ3v) is 5.76. The van der Waals surface area contributed by atoms with Crippen LogP contribution in [-0.2, 0) is 24.3 Å². The largest absolute Gasteiger partial charge is 0.456 e. The fourth-order valence-corrected chi connectivity index (χ4v) is 4.17. The van der Waals surface area contributed by atoms with E-state index in [0.717, 1.165) is 11.1 Å². The van der Waals surface area contributed by atoms with E-state index in [0.29, 0.717) is 11.3 Å². The molecular formula is C20H21N3O5S. The van der Waals surface area contributed by atoms with Crippen molar-refractivity contribution in [2.75, 3.05) is 18.5 Å². The molecule has 1 heterocycles. The number of amides is 1. The molecule has 0 spiro atoms. The molecule has 0 saturated carbocycles. The molecule has 2 N–H and O–H groups in total. The lowest BCUT2D eigenvalue weighted by molar-refractivity contribution is -0.147. The predicted molar refractivity (Wildman–Crippen MR) is 108 cm³/mol. The van der Waals surface area contributed by atoms with E-state index in [4.69, 9.17) is 4.74 Å². The second-order valence-corrected chi connectivity index (χ2v) is 8.21. The highest BCUT2D eigenvalue weighted by molar-refractivity contribution is 7.90. The van der Waals surface area contributed by atoms with Crippen molar-refractivity contribution in [3.63, 3.8) is 0 Å². The highest BCUT2D eigenvalue weighted by Crippen LogP contribution is 2.22. The Morgan fingerprint density at radius 3 is 2.48 bits per heavy atom. The molecule has 1 amide bonds. The number of amidine groups is 1. The van der Waals surface area contributed by atoms with Crippen LogP contribution in [0.3, 0.4) is 0 Å². The van der Waals surface area contributed by atoms with Gasteiger partial charge < -0.3 is 10.1 Å². The minimum absolute atomic E-state index is 0.0313. The number of rotatable bonds is 6. The first-order valence-electron chi connectivity index (χ1n) is 8.96. The Kier molecular flexibility index (Phi) is 5.97. The molecule has 0 aromatic heterocycles. The van der Waals surface area contributed by atoms with Crippen LogP contribution in [0.1, 0.15) is 23.1 Å². The molecule has 1 aliphatic rings. The number of esters is 1. The van der Waals surface area contributed by atoms with Gasteiger partial charge in [0.25, 0.3) is 15.9 Å². The monoisotopic (exact) mass is 415 g/mol. The number of nitrogens with zero attached hydrogens (tertiary/aromatic N) is 1. The van der Waals surface area contributed by atoms with E-state index in [9.17, 15) is 18.0 Å². The van der Waals surface area contributed by atoms with Crippen molar-refractivity contribution in [3.8, 4) is 0 Å². The zero-order valence-corrected chi connectivity index (χ0v) is 16.9. The summed E-state index contributed by atoms with van der Waals surface area (Å²) in [7, 11) is -3.61. The number of sulfonamides is 1. The number of aliphatic imine (C=N–C) groups is 1. The Bertz CT molecular complexity index is 1070. The fraction of sp³-hybridized carbons (Fsp3) is 0.250. The molecule has 0 unspecified atom stereocenters. The maximum atomic E-state index is 12.0. The number of ether oxygens (including phenoxy) is 1. The van der Waals surface area contributed by atoms with Gasteiger partial charge in [0.05, 0.1) is 17.9 Å². The SMILES string of the molecule is Cc1cccc(C)c1NC(=O)COC(=O)CCN=C1NS(=O)(=O)c2ccccc21. The minimum atomic E-state index is -3.61. The van der Waals surface area contributed by atoms with Crippen LogP contribution in [0.2, 0.25) is 0 Å². The Hall–Kier alpha value is -3.20. The molecule has 2 aromatic carbocycles. The van der Waals surface area contributed by atoms with Gasteiger partial charge in [0.15, 0.2) is 6.61 Å². The van der Waals surface area contributed by atoms with Gasteiger partial charge in [-0.2, -0.15) is 0 Å². The van der Waals surface area contributed by atoms with Crippen molar-refractivity contribution in [3.05, 3.63) is 59.2 Å². The average molecular weight is 415 g/mol. The van der Waals surface area contributed by atoms with Crippen LogP contribution in [0.25, 0.3) is 0 Å². The lowest BCUT2D eigenvalue weighted by Gasteiger charge is -2.11. The molecule has 0 aliphatic carbocycles. The summed E-state index contributed by atoms with van der Waals surface area (Å²) in [6.07, 6.45) is -0.0793. The average Bonchev–Trinajstić information content (AvgIpc) is 2.94. The zero-order chi connectivity index (χ0) is 21.0. The Balaban J connectivity index is 1.50. The van der Waals surface area contributed by atoms with Crippen molar-refractivity contribution in [1.82, 2.24) is 4.72 Å². The van der Waals surface area contributed by atoms with E-state index in [-0.39, 0.29) is 23.7 Å². The Labute approximate surface area is 169 Å². The highest BCUT2D eigenvalue weighted by Gasteiger charge is 2.29. The molecule has 0 radical (unpaired) electrons. The summed E-state index contributed by atoms with van der Waals surface area (Å²) < 4.78 is 31.4. The van der Waals surface area contributed by atoms with Crippen LogP contribution in [-0.4, -0.2) is 39.3 Å². The lowest BCUT2D eigenvalue weighted by atomic mass is 10.1. The van der Waals surface area contributed by atoms with Gasteiger partial charge in [-0.1, -0.05) is 30.3 Å². The molecule has 0 atom stereocenters. The normalized spacial score (nSPS) is 15.4. The van der Waals surface area contributed by atoms with E-state index in [1.807, 2.05) is 32.0 Å². The molecule has 9 heteroatoms. The number of carbonyl (C=O) groups is 2. The summed E-state index contributed by atoms with van der Waals surface area (Å²) in [4.78, 5) is 28.2.